The van der Waals surface area contributed by atoms with Crippen molar-refractivity contribution >= 4 is 28.6 Å². The van der Waals surface area contributed by atoms with E-state index in [1.807, 2.05) is 0 Å². The second kappa shape index (κ2) is 6.64. The lowest BCUT2D eigenvalue weighted by molar-refractivity contribution is -0.140. The van der Waals surface area contributed by atoms with E-state index in [1.165, 1.54) is 7.11 Å². The molecule has 3 heteroatoms. The molecule has 0 heterocycles. The third kappa shape index (κ3) is 7.84. The van der Waals surface area contributed by atoms with Gasteiger partial charge in [0.2, 0.25) is 0 Å². The molecule has 0 atom stereocenters. The minimum absolute atomic E-state index is 0.121. The van der Waals surface area contributed by atoms with Crippen molar-refractivity contribution in [1.29, 1.82) is 0 Å². The summed E-state index contributed by atoms with van der Waals surface area (Å²) in [4.78, 5) is 10.6. The molecule has 0 unspecified atom stereocenters. The molecule has 0 aliphatic rings. The quantitative estimate of drug-likeness (QED) is 0.435. The predicted octanol–water partition coefficient (Wildman–Crippen LogP) is 2.67. The van der Waals surface area contributed by atoms with Crippen LogP contribution < -0.4 is 0 Å². The first kappa shape index (κ1) is 10.9. The molecule has 2 nitrogen and oxygen atoms in total. The van der Waals surface area contributed by atoms with Crippen molar-refractivity contribution in [1.82, 2.24) is 0 Å². The number of hydrogen-bond acceptors (Lipinski definition) is 2. The first-order valence-electron chi connectivity index (χ1n) is 3.57. The average molecular weight is 268 g/mol. The highest BCUT2D eigenvalue weighted by Gasteiger charge is 1.98. The maximum absolute atomic E-state index is 10.6. The van der Waals surface area contributed by atoms with E-state index in [4.69, 9.17) is 0 Å². The highest BCUT2D eigenvalue weighted by Crippen LogP contribution is 2.12. The maximum Gasteiger partial charge on any atom is 0.305 e. The molecule has 0 bridgehead atoms. The Morgan fingerprint density at radius 2 is 2.00 bits per heavy atom. The molecule has 0 aliphatic carbocycles. The number of esters is 1. The highest BCUT2D eigenvalue weighted by molar-refractivity contribution is 14.1. The Balaban J connectivity index is 3.14. The third-order valence-electron chi connectivity index (χ3n) is 1.31. The summed E-state index contributed by atoms with van der Waals surface area (Å²) in [5.74, 6) is -0.121. The zero-order valence-electron chi connectivity index (χ0n) is 6.73. The number of carbonyl (C=O) groups is 1. The summed E-state index contributed by atoms with van der Waals surface area (Å²) < 4.78 is 5.64. The monoisotopic (exact) mass is 268 g/mol. The normalized spacial score (nSPS) is 9.27. The second-order valence-corrected chi connectivity index (χ2v) is 3.83. The Labute approximate surface area is 81.1 Å². The molecule has 0 aromatic carbocycles. The number of hydrogen-bond donors (Lipinski definition) is 0. The molecule has 11 heavy (non-hydrogen) atoms. The zero-order valence-corrected chi connectivity index (χ0v) is 8.89. The lowest BCUT2D eigenvalue weighted by atomic mass is 10.2. The number of rotatable bonds is 5. The third-order valence-corrected chi connectivity index (χ3v) is 1.85. The summed E-state index contributed by atoms with van der Waals surface area (Å²) in [5, 5.41) is 0. The van der Waals surface area contributed by atoms with Gasteiger partial charge < -0.3 is 4.74 Å². The average Bonchev–Trinajstić information content (AvgIpc) is 1.97. The Morgan fingerprint density at radius 3 is 2.45 bits per heavy atom. The van der Waals surface area contributed by atoms with Crippen LogP contribution in [0.3, 0.4) is 0 Å². The minimum Gasteiger partial charge on any atom is -0.469 e. The minimum atomic E-state index is -0.121. The van der Waals surface area contributed by atoms with Crippen molar-refractivity contribution in [2.45, 2.75) is 25.7 Å². The van der Waals surface area contributed by atoms with Crippen molar-refractivity contribution in [2.24, 2.45) is 0 Å². The molecule has 0 radical (unpaired) electrons. The van der Waals surface area contributed by atoms with E-state index in [9.17, 15) is 4.79 Å². The number of halogens is 1. The maximum atomic E-state index is 10.6. The van der Waals surface area contributed by atoms with Gasteiger partial charge in [0, 0.05) is 6.42 Å². The predicted molar refractivity (Wildman–Crippen MR) is 53.6 cm³/mol. The number of unbranched alkanes of at least 4 members (excludes halogenated alkanes) is 1. The van der Waals surface area contributed by atoms with Crippen molar-refractivity contribution < 1.29 is 9.53 Å². The van der Waals surface area contributed by atoms with Crippen LogP contribution in [0.5, 0.6) is 0 Å². The van der Waals surface area contributed by atoms with E-state index in [2.05, 4.69) is 33.9 Å². The van der Waals surface area contributed by atoms with Crippen LogP contribution in [0, 0.1) is 0 Å². The van der Waals surface area contributed by atoms with Crippen molar-refractivity contribution in [2.75, 3.05) is 7.11 Å². The van der Waals surface area contributed by atoms with E-state index in [0.29, 0.717) is 6.42 Å². The smallest absolute Gasteiger partial charge is 0.305 e. The van der Waals surface area contributed by atoms with Crippen LogP contribution in [0.1, 0.15) is 25.7 Å². The van der Waals surface area contributed by atoms with Gasteiger partial charge in [-0.15, -0.1) is 0 Å². The van der Waals surface area contributed by atoms with Crippen LogP contribution in [0.2, 0.25) is 0 Å². The first-order valence-corrected chi connectivity index (χ1v) is 4.64. The Kier molecular flexibility index (Phi) is 6.60. The van der Waals surface area contributed by atoms with Crippen LogP contribution in [0.25, 0.3) is 0 Å². The molecular formula is C8H13IO2. The molecule has 0 spiro atoms. The lowest BCUT2D eigenvalue weighted by Crippen LogP contribution is -1.98. The molecule has 0 N–H and O–H groups in total. The number of methoxy groups -OCH3 is 1. The fourth-order valence-corrected chi connectivity index (χ4v) is 1.07. The van der Waals surface area contributed by atoms with Gasteiger partial charge in [-0.25, -0.2) is 0 Å². The summed E-state index contributed by atoms with van der Waals surface area (Å²) in [6, 6.07) is 0. The van der Waals surface area contributed by atoms with E-state index < -0.39 is 0 Å². The summed E-state index contributed by atoms with van der Waals surface area (Å²) in [6.07, 6.45) is 3.45. The summed E-state index contributed by atoms with van der Waals surface area (Å²) in [7, 11) is 1.42. The van der Waals surface area contributed by atoms with Gasteiger partial charge in [-0.2, -0.15) is 0 Å². The number of allylic oxidation sites excluding steroid dienone is 1. The van der Waals surface area contributed by atoms with Gasteiger partial charge in [-0.3, -0.25) is 4.79 Å². The lowest BCUT2D eigenvalue weighted by Gasteiger charge is -1.98. The van der Waals surface area contributed by atoms with E-state index in [1.54, 1.807) is 0 Å². The Bertz CT molecular complexity index is 143. The second-order valence-electron chi connectivity index (χ2n) is 2.30. The molecule has 0 aromatic rings. The molecule has 0 aromatic heterocycles. The largest absolute Gasteiger partial charge is 0.469 e. The zero-order chi connectivity index (χ0) is 8.69. The molecule has 64 valence electrons. The summed E-state index contributed by atoms with van der Waals surface area (Å²) in [5.41, 5.74) is 0. The van der Waals surface area contributed by atoms with Gasteiger partial charge in [0.05, 0.1) is 7.11 Å². The molecule has 0 rings (SSSR count). The highest BCUT2D eigenvalue weighted by atomic mass is 127. The molecule has 0 fully saturated rings. The van der Waals surface area contributed by atoms with E-state index in [0.717, 1.165) is 22.8 Å². The van der Waals surface area contributed by atoms with Gasteiger partial charge in [-0.05, 0) is 45.4 Å². The van der Waals surface area contributed by atoms with Gasteiger partial charge in [-0.1, -0.05) is 6.58 Å². The number of ether oxygens (including phenoxy) is 1. The fourth-order valence-electron chi connectivity index (χ4n) is 0.688. The SMILES string of the molecule is C=C(I)CCCCC(=O)OC. The molecule has 0 aliphatic heterocycles. The topological polar surface area (TPSA) is 26.3 Å². The Morgan fingerprint density at radius 1 is 1.45 bits per heavy atom. The van der Waals surface area contributed by atoms with E-state index in [-0.39, 0.29) is 5.97 Å². The standard InChI is InChI=1S/C8H13IO2/c1-7(9)5-3-4-6-8(10)11-2/h1,3-6H2,2H3. The number of carbonyl (C=O) groups excluding carboxylic acids is 1. The van der Waals surface area contributed by atoms with Crippen LogP contribution in [0.4, 0.5) is 0 Å². The van der Waals surface area contributed by atoms with Crippen molar-refractivity contribution in [3.05, 3.63) is 10.2 Å². The fraction of sp³-hybridized carbons (Fsp3) is 0.625. The van der Waals surface area contributed by atoms with Gasteiger partial charge in [0.15, 0.2) is 0 Å². The van der Waals surface area contributed by atoms with E-state index >= 15 is 0 Å². The first-order chi connectivity index (χ1) is 5.16. The van der Waals surface area contributed by atoms with Gasteiger partial charge in [0.25, 0.3) is 0 Å². The summed E-state index contributed by atoms with van der Waals surface area (Å²) >= 11 is 2.20. The van der Waals surface area contributed by atoms with Crippen LogP contribution in [0.15, 0.2) is 10.2 Å². The van der Waals surface area contributed by atoms with Crippen LogP contribution in [-0.4, -0.2) is 13.1 Å². The van der Waals surface area contributed by atoms with Gasteiger partial charge in [0.1, 0.15) is 0 Å². The molecule has 0 amide bonds. The van der Waals surface area contributed by atoms with Crippen molar-refractivity contribution in [3.63, 3.8) is 0 Å². The summed E-state index contributed by atoms with van der Waals surface area (Å²) in [6.45, 7) is 3.76. The van der Waals surface area contributed by atoms with Crippen molar-refractivity contribution in [3.8, 4) is 0 Å². The Hall–Kier alpha value is -0.0600. The van der Waals surface area contributed by atoms with Crippen LogP contribution >= 0.6 is 22.6 Å². The van der Waals surface area contributed by atoms with Gasteiger partial charge >= 0.3 is 5.97 Å². The molecule has 0 saturated carbocycles. The van der Waals surface area contributed by atoms with Crippen LogP contribution in [-0.2, 0) is 9.53 Å². The molecular weight excluding hydrogens is 255 g/mol. The molecule has 0 saturated heterocycles.